The quantitative estimate of drug-likeness (QED) is 0.839. The van der Waals surface area contributed by atoms with Gasteiger partial charge in [-0.15, -0.1) is 0 Å². The maximum Gasteiger partial charge on any atom is 0.230 e. The highest BCUT2D eigenvalue weighted by Gasteiger charge is 2.33. The van der Waals surface area contributed by atoms with Crippen LogP contribution in [0.4, 0.5) is 0 Å². The fraction of sp³-hybridized carbons (Fsp3) is 0.176. The molecule has 0 radical (unpaired) electrons. The molecule has 3 rings (SSSR count). The zero-order valence-corrected chi connectivity index (χ0v) is 12.4. The molecule has 0 aliphatic heterocycles. The molecule has 0 unspecified atom stereocenters. The molecule has 0 bridgehead atoms. The van der Waals surface area contributed by atoms with Gasteiger partial charge in [0, 0.05) is 11.1 Å². The normalized spacial score (nSPS) is 14.9. The minimum Gasteiger partial charge on any atom is -0.485 e. The Morgan fingerprint density at radius 1 is 0.952 bits per heavy atom. The lowest BCUT2D eigenvalue weighted by atomic mass is 9.90. The molecule has 0 amide bonds. The maximum atomic E-state index is 12.5. The van der Waals surface area contributed by atoms with Crippen molar-refractivity contribution in [2.24, 2.45) is 0 Å². The van der Waals surface area contributed by atoms with Gasteiger partial charge in [-0.1, -0.05) is 35.9 Å². The number of halogens is 1. The lowest BCUT2D eigenvalue weighted by molar-refractivity contribution is 0.0806. The molecule has 0 atom stereocenters. The summed E-state index contributed by atoms with van der Waals surface area (Å²) in [5.41, 5.74) is 0.679. The van der Waals surface area contributed by atoms with Crippen molar-refractivity contribution in [3.63, 3.8) is 0 Å². The molecule has 106 valence electrons. The van der Waals surface area contributed by atoms with Crippen LogP contribution >= 0.6 is 11.6 Å². The van der Waals surface area contributed by atoms with Crippen LogP contribution in [0.2, 0.25) is 0 Å². The van der Waals surface area contributed by atoms with Crippen molar-refractivity contribution in [1.82, 2.24) is 0 Å². The first kappa shape index (κ1) is 13.8. The third-order valence-corrected chi connectivity index (χ3v) is 3.68. The van der Waals surface area contributed by atoms with E-state index < -0.39 is 0 Å². The predicted molar refractivity (Wildman–Crippen MR) is 81.7 cm³/mol. The number of rotatable bonds is 2. The predicted octanol–water partition coefficient (Wildman–Crippen LogP) is 4.09. The number of ketones is 2. The summed E-state index contributed by atoms with van der Waals surface area (Å²) < 4.78 is 5.43. The summed E-state index contributed by atoms with van der Waals surface area (Å²) >= 11 is 6.04. The molecular formula is C17H13ClO3. The Kier molecular flexibility index (Phi) is 3.30. The third-order valence-electron chi connectivity index (χ3n) is 3.33. The fourth-order valence-corrected chi connectivity index (χ4v) is 2.63. The molecule has 0 saturated carbocycles. The minimum atomic E-state index is -0.368. The zero-order valence-electron chi connectivity index (χ0n) is 11.6. The van der Waals surface area contributed by atoms with Crippen LogP contribution in [-0.4, -0.2) is 17.7 Å². The van der Waals surface area contributed by atoms with Gasteiger partial charge < -0.3 is 4.74 Å². The van der Waals surface area contributed by atoms with Crippen LogP contribution in [0.15, 0.2) is 47.2 Å². The molecule has 1 aliphatic carbocycles. The second-order valence-corrected chi connectivity index (χ2v) is 5.59. The van der Waals surface area contributed by atoms with Crippen molar-refractivity contribution >= 4 is 33.9 Å². The van der Waals surface area contributed by atoms with Gasteiger partial charge in [-0.25, -0.2) is 0 Å². The first-order valence-corrected chi connectivity index (χ1v) is 7.05. The van der Waals surface area contributed by atoms with Gasteiger partial charge in [0.05, 0.1) is 6.10 Å². The Morgan fingerprint density at radius 3 is 2.00 bits per heavy atom. The Labute approximate surface area is 127 Å². The number of benzene rings is 2. The zero-order chi connectivity index (χ0) is 15.1. The molecule has 0 N–H and O–H groups in total. The highest BCUT2D eigenvalue weighted by Crippen LogP contribution is 2.32. The summed E-state index contributed by atoms with van der Waals surface area (Å²) in [4.78, 5) is 24.9. The second-order valence-electron chi connectivity index (χ2n) is 5.21. The standard InChI is InChI=1S/C17H13ClO3/c1-9(2)21-17-14(18)15(19)12-7-10-5-3-4-6-11(10)8-13(12)16(17)20/h3-9H,1-2H3. The van der Waals surface area contributed by atoms with Crippen molar-refractivity contribution < 1.29 is 14.3 Å². The summed E-state index contributed by atoms with van der Waals surface area (Å²) in [7, 11) is 0. The Bertz CT molecular complexity index is 803. The Morgan fingerprint density at radius 2 is 1.48 bits per heavy atom. The Hall–Kier alpha value is -2.13. The average Bonchev–Trinajstić information content (AvgIpc) is 2.47. The molecule has 0 saturated heterocycles. The van der Waals surface area contributed by atoms with Gasteiger partial charge in [-0.05, 0) is 36.8 Å². The molecule has 0 spiro atoms. The van der Waals surface area contributed by atoms with E-state index in [9.17, 15) is 9.59 Å². The van der Waals surface area contributed by atoms with Crippen molar-refractivity contribution in [3.8, 4) is 0 Å². The van der Waals surface area contributed by atoms with Crippen LogP contribution in [0.3, 0.4) is 0 Å². The molecule has 4 heteroatoms. The summed E-state index contributed by atoms with van der Waals surface area (Å²) in [5.74, 6) is -0.763. The molecule has 1 aliphatic rings. The first-order chi connectivity index (χ1) is 9.99. The van der Waals surface area contributed by atoms with Gasteiger partial charge in [0.25, 0.3) is 0 Å². The van der Waals surface area contributed by atoms with Gasteiger partial charge in [0.15, 0.2) is 5.76 Å². The van der Waals surface area contributed by atoms with Crippen LogP contribution in [-0.2, 0) is 4.74 Å². The Balaban J connectivity index is 2.22. The van der Waals surface area contributed by atoms with Crippen molar-refractivity contribution in [2.45, 2.75) is 20.0 Å². The number of carbonyl (C=O) groups excluding carboxylic acids is 2. The molecule has 0 aromatic heterocycles. The number of fused-ring (bicyclic) bond motifs is 2. The molecule has 2 aromatic rings. The number of Topliss-reactive ketones (excluding diaryl/α,β-unsaturated/α-hetero) is 2. The van der Waals surface area contributed by atoms with E-state index in [0.29, 0.717) is 11.1 Å². The van der Waals surface area contributed by atoms with E-state index in [2.05, 4.69) is 0 Å². The lowest BCUT2D eigenvalue weighted by Gasteiger charge is -2.20. The van der Waals surface area contributed by atoms with Crippen LogP contribution in [0.5, 0.6) is 0 Å². The van der Waals surface area contributed by atoms with E-state index in [1.165, 1.54) is 0 Å². The first-order valence-electron chi connectivity index (χ1n) is 6.67. The third kappa shape index (κ3) is 2.24. The van der Waals surface area contributed by atoms with Gasteiger partial charge in [-0.3, -0.25) is 9.59 Å². The number of hydrogen-bond acceptors (Lipinski definition) is 3. The second kappa shape index (κ2) is 5.01. The lowest BCUT2D eigenvalue weighted by Crippen LogP contribution is -2.23. The van der Waals surface area contributed by atoms with Crippen molar-refractivity contribution in [3.05, 3.63) is 58.3 Å². The molecule has 0 heterocycles. The van der Waals surface area contributed by atoms with Gasteiger partial charge in [0.1, 0.15) is 5.03 Å². The molecular weight excluding hydrogens is 288 g/mol. The SMILES string of the molecule is CC(C)OC1=C(Cl)C(=O)c2cc3ccccc3cc2C1=O. The van der Waals surface area contributed by atoms with Crippen LogP contribution in [0.1, 0.15) is 34.6 Å². The fourth-order valence-electron chi connectivity index (χ4n) is 2.40. The number of carbonyl (C=O) groups is 2. The van der Waals surface area contributed by atoms with Crippen molar-refractivity contribution in [2.75, 3.05) is 0 Å². The highest BCUT2D eigenvalue weighted by atomic mass is 35.5. The number of allylic oxidation sites excluding steroid dienone is 2. The van der Waals surface area contributed by atoms with E-state index in [0.717, 1.165) is 10.8 Å². The molecule has 0 fully saturated rings. The summed E-state index contributed by atoms with van der Waals surface area (Å²) in [6, 6.07) is 11.0. The van der Waals surface area contributed by atoms with Gasteiger partial charge in [-0.2, -0.15) is 0 Å². The number of hydrogen-bond donors (Lipinski definition) is 0. The smallest absolute Gasteiger partial charge is 0.230 e. The number of ether oxygens (including phenoxy) is 1. The minimum absolute atomic E-state index is 0.0561. The average molecular weight is 301 g/mol. The van der Waals surface area contributed by atoms with Crippen molar-refractivity contribution in [1.29, 1.82) is 0 Å². The summed E-state index contributed by atoms with van der Waals surface area (Å²) in [5, 5.41) is 1.66. The van der Waals surface area contributed by atoms with E-state index in [4.69, 9.17) is 16.3 Å². The van der Waals surface area contributed by atoms with Crippen LogP contribution in [0.25, 0.3) is 10.8 Å². The van der Waals surface area contributed by atoms with Gasteiger partial charge >= 0.3 is 0 Å². The van der Waals surface area contributed by atoms with E-state index >= 15 is 0 Å². The maximum absolute atomic E-state index is 12.5. The van der Waals surface area contributed by atoms with E-state index in [1.54, 1.807) is 26.0 Å². The van der Waals surface area contributed by atoms with E-state index in [-0.39, 0.29) is 28.5 Å². The molecule has 2 aromatic carbocycles. The van der Waals surface area contributed by atoms with Crippen LogP contribution < -0.4 is 0 Å². The molecule has 3 nitrogen and oxygen atoms in total. The van der Waals surface area contributed by atoms with Crippen LogP contribution in [0, 0.1) is 0 Å². The topological polar surface area (TPSA) is 43.4 Å². The largest absolute Gasteiger partial charge is 0.485 e. The van der Waals surface area contributed by atoms with Gasteiger partial charge in [0.2, 0.25) is 11.6 Å². The monoisotopic (exact) mass is 300 g/mol. The summed E-state index contributed by atoms with van der Waals surface area (Å²) in [6.45, 7) is 3.57. The molecule has 21 heavy (non-hydrogen) atoms. The summed E-state index contributed by atoms with van der Waals surface area (Å²) in [6.07, 6.45) is -0.229. The highest BCUT2D eigenvalue weighted by molar-refractivity contribution is 6.49. The van der Waals surface area contributed by atoms with E-state index in [1.807, 2.05) is 24.3 Å².